The number of ether oxygens (including phenoxy) is 1. The van der Waals surface area contributed by atoms with E-state index in [2.05, 4.69) is 10.6 Å². The minimum Gasteiger partial charge on any atom is -0.457 e. The summed E-state index contributed by atoms with van der Waals surface area (Å²) in [7, 11) is 0. The van der Waals surface area contributed by atoms with E-state index in [1.165, 1.54) is 0 Å². The first-order valence-corrected chi connectivity index (χ1v) is 6.99. The van der Waals surface area contributed by atoms with Gasteiger partial charge in [-0.25, -0.2) is 4.79 Å². The molecule has 0 aromatic heterocycles. The standard InChI is InChI=1S/C13H12Cl2N2O2S/c1-7-11(5-16-13(20)17-7)12(18)19-6-8-2-9(14)4-10(15)3-8/h2-4H,5-6H2,1H3,(H2,16,17,20). The second-order valence-corrected chi connectivity index (χ2v) is 5.55. The number of thiocarbonyl (C=S) groups is 1. The van der Waals surface area contributed by atoms with E-state index in [0.717, 1.165) is 5.56 Å². The van der Waals surface area contributed by atoms with Crippen LogP contribution in [0.5, 0.6) is 0 Å². The molecule has 0 atom stereocenters. The van der Waals surface area contributed by atoms with Crippen molar-refractivity contribution in [3.8, 4) is 0 Å². The van der Waals surface area contributed by atoms with Crippen molar-refractivity contribution in [1.29, 1.82) is 0 Å². The summed E-state index contributed by atoms with van der Waals surface area (Å²) in [5, 5.41) is 7.27. The quantitative estimate of drug-likeness (QED) is 0.659. The highest BCUT2D eigenvalue weighted by Gasteiger charge is 2.19. The van der Waals surface area contributed by atoms with Crippen LogP contribution < -0.4 is 10.6 Å². The van der Waals surface area contributed by atoms with E-state index in [-0.39, 0.29) is 6.61 Å². The van der Waals surface area contributed by atoms with E-state index in [1.54, 1.807) is 25.1 Å². The van der Waals surface area contributed by atoms with Crippen LogP contribution in [0.15, 0.2) is 29.5 Å². The largest absolute Gasteiger partial charge is 0.457 e. The van der Waals surface area contributed by atoms with Crippen LogP contribution in [0.25, 0.3) is 0 Å². The molecule has 0 aliphatic carbocycles. The lowest BCUT2D eigenvalue weighted by Gasteiger charge is -2.20. The van der Waals surface area contributed by atoms with Crippen LogP contribution in [0.2, 0.25) is 10.0 Å². The number of halogens is 2. The fraction of sp³-hybridized carbons (Fsp3) is 0.231. The molecule has 2 rings (SSSR count). The molecule has 0 saturated carbocycles. The second kappa shape index (κ2) is 6.43. The summed E-state index contributed by atoms with van der Waals surface area (Å²) in [5.41, 5.74) is 1.95. The molecule has 1 aliphatic heterocycles. The van der Waals surface area contributed by atoms with Crippen LogP contribution in [0.1, 0.15) is 12.5 Å². The lowest BCUT2D eigenvalue weighted by atomic mass is 10.2. The lowest BCUT2D eigenvalue weighted by molar-refractivity contribution is -0.140. The van der Waals surface area contributed by atoms with Gasteiger partial charge < -0.3 is 15.4 Å². The Morgan fingerprint density at radius 3 is 2.60 bits per heavy atom. The van der Waals surface area contributed by atoms with Crippen molar-refractivity contribution in [2.75, 3.05) is 6.54 Å². The molecule has 1 aliphatic rings. The molecule has 20 heavy (non-hydrogen) atoms. The van der Waals surface area contributed by atoms with E-state index in [4.69, 9.17) is 40.2 Å². The fourth-order valence-corrected chi connectivity index (χ4v) is 2.54. The number of hydrogen-bond acceptors (Lipinski definition) is 3. The number of hydrogen-bond donors (Lipinski definition) is 2. The Labute approximate surface area is 132 Å². The van der Waals surface area contributed by atoms with Crippen molar-refractivity contribution in [2.45, 2.75) is 13.5 Å². The molecule has 0 amide bonds. The van der Waals surface area contributed by atoms with Gasteiger partial charge in [0, 0.05) is 15.7 Å². The lowest BCUT2D eigenvalue weighted by Crippen LogP contribution is -2.42. The number of allylic oxidation sites excluding steroid dienone is 1. The Morgan fingerprint density at radius 2 is 2.00 bits per heavy atom. The Hall–Kier alpha value is -1.30. The predicted molar refractivity (Wildman–Crippen MR) is 82.7 cm³/mol. The fourth-order valence-electron chi connectivity index (χ4n) is 1.75. The van der Waals surface area contributed by atoms with Gasteiger partial charge in [-0.15, -0.1) is 0 Å². The van der Waals surface area contributed by atoms with Crippen LogP contribution in [-0.2, 0) is 16.1 Å². The third-order valence-electron chi connectivity index (χ3n) is 2.72. The van der Waals surface area contributed by atoms with Gasteiger partial charge in [0.1, 0.15) is 6.61 Å². The Balaban J connectivity index is 2.02. The molecule has 0 bridgehead atoms. The molecule has 7 heteroatoms. The van der Waals surface area contributed by atoms with Gasteiger partial charge in [0.15, 0.2) is 5.11 Å². The number of rotatable bonds is 3. The SMILES string of the molecule is CC1=C(C(=O)OCc2cc(Cl)cc(Cl)c2)CNC(=S)N1. The zero-order chi connectivity index (χ0) is 14.7. The van der Waals surface area contributed by atoms with Crippen LogP contribution in [0.3, 0.4) is 0 Å². The Kier molecular flexibility index (Phi) is 4.86. The molecule has 0 saturated heterocycles. The number of nitrogens with one attached hydrogen (secondary N) is 2. The molecule has 0 unspecified atom stereocenters. The summed E-state index contributed by atoms with van der Waals surface area (Å²) < 4.78 is 5.25. The van der Waals surface area contributed by atoms with E-state index in [9.17, 15) is 4.79 Å². The summed E-state index contributed by atoms with van der Waals surface area (Å²) in [6, 6.07) is 5.03. The highest BCUT2D eigenvalue weighted by molar-refractivity contribution is 7.80. The molecule has 106 valence electrons. The third-order valence-corrected chi connectivity index (χ3v) is 3.40. The highest BCUT2D eigenvalue weighted by Crippen LogP contribution is 2.20. The molecule has 1 heterocycles. The van der Waals surface area contributed by atoms with Crippen LogP contribution in [0, 0.1) is 0 Å². The normalized spacial score (nSPS) is 14.7. The average molecular weight is 331 g/mol. The van der Waals surface area contributed by atoms with Gasteiger partial charge in [-0.1, -0.05) is 23.2 Å². The maximum absolute atomic E-state index is 12.0. The molecular weight excluding hydrogens is 319 g/mol. The maximum atomic E-state index is 12.0. The molecule has 0 spiro atoms. The first-order chi connectivity index (χ1) is 9.45. The van der Waals surface area contributed by atoms with Gasteiger partial charge in [-0.2, -0.15) is 0 Å². The molecule has 0 radical (unpaired) electrons. The minimum atomic E-state index is -0.402. The predicted octanol–water partition coefficient (Wildman–Crippen LogP) is 2.79. The van der Waals surface area contributed by atoms with Crippen molar-refractivity contribution in [3.05, 3.63) is 45.1 Å². The summed E-state index contributed by atoms with van der Waals surface area (Å²) in [5.74, 6) is -0.402. The molecular formula is C13H12Cl2N2O2S. The molecule has 0 fully saturated rings. The van der Waals surface area contributed by atoms with Gasteiger partial charge in [-0.05, 0) is 42.9 Å². The van der Waals surface area contributed by atoms with E-state index < -0.39 is 5.97 Å². The maximum Gasteiger partial charge on any atom is 0.337 e. The van der Waals surface area contributed by atoms with Gasteiger partial charge in [0.05, 0.1) is 12.1 Å². The van der Waals surface area contributed by atoms with Gasteiger partial charge in [-0.3, -0.25) is 0 Å². The van der Waals surface area contributed by atoms with Gasteiger partial charge in [0.25, 0.3) is 0 Å². The molecule has 1 aromatic carbocycles. The zero-order valence-electron chi connectivity index (χ0n) is 10.6. The van der Waals surface area contributed by atoms with Crippen molar-refractivity contribution in [1.82, 2.24) is 10.6 Å². The van der Waals surface area contributed by atoms with E-state index >= 15 is 0 Å². The first-order valence-electron chi connectivity index (χ1n) is 5.82. The minimum absolute atomic E-state index is 0.111. The summed E-state index contributed by atoms with van der Waals surface area (Å²) in [4.78, 5) is 12.0. The van der Waals surface area contributed by atoms with Crippen molar-refractivity contribution >= 4 is 46.5 Å². The summed E-state index contributed by atoms with van der Waals surface area (Å²) >= 11 is 16.7. The first kappa shape index (κ1) is 15.1. The number of esters is 1. The third kappa shape index (κ3) is 3.85. The van der Waals surface area contributed by atoms with E-state index in [0.29, 0.717) is 33.0 Å². The second-order valence-electron chi connectivity index (χ2n) is 4.27. The van der Waals surface area contributed by atoms with Gasteiger partial charge >= 0.3 is 5.97 Å². The van der Waals surface area contributed by atoms with Crippen molar-refractivity contribution in [3.63, 3.8) is 0 Å². The summed E-state index contributed by atoms with van der Waals surface area (Å²) in [6.07, 6.45) is 0. The average Bonchev–Trinajstić information content (AvgIpc) is 2.35. The number of carbonyl (C=O) groups is 1. The zero-order valence-corrected chi connectivity index (χ0v) is 13.0. The smallest absolute Gasteiger partial charge is 0.337 e. The molecule has 1 aromatic rings. The molecule has 2 N–H and O–H groups in total. The van der Waals surface area contributed by atoms with Crippen LogP contribution in [-0.4, -0.2) is 17.6 Å². The monoisotopic (exact) mass is 330 g/mol. The topological polar surface area (TPSA) is 50.4 Å². The number of carbonyl (C=O) groups excluding carboxylic acids is 1. The Bertz CT molecular complexity index is 582. The van der Waals surface area contributed by atoms with Crippen molar-refractivity contribution < 1.29 is 9.53 Å². The van der Waals surface area contributed by atoms with E-state index in [1.807, 2.05) is 0 Å². The summed E-state index contributed by atoms with van der Waals surface area (Å²) in [6.45, 7) is 2.24. The highest BCUT2D eigenvalue weighted by atomic mass is 35.5. The van der Waals surface area contributed by atoms with Crippen LogP contribution in [0.4, 0.5) is 0 Å². The Morgan fingerprint density at radius 1 is 1.35 bits per heavy atom. The van der Waals surface area contributed by atoms with Crippen LogP contribution >= 0.6 is 35.4 Å². The number of benzene rings is 1. The van der Waals surface area contributed by atoms with Gasteiger partial charge in [0.2, 0.25) is 0 Å². The molecule has 4 nitrogen and oxygen atoms in total. The van der Waals surface area contributed by atoms with Crippen molar-refractivity contribution in [2.24, 2.45) is 0 Å².